The third kappa shape index (κ3) is 4.54. The summed E-state index contributed by atoms with van der Waals surface area (Å²) in [6, 6.07) is 1.77. The number of aromatic nitrogens is 2. The monoisotopic (exact) mass is 329 g/mol. The van der Waals surface area contributed by atoms with Crippen molar-refractivity contribution in [1.29, 1.82) is 0 Å². The fourth-order valence-corrected chi connectivity index (χ4v) is 3.23. The van der Waals surface area contributed by atoms with Crippen LogP contribution in [0.2, 0.25) is 0 Å². The van der Waals surface area contributed by atoms with Gasteiger partial charge in [0.05, 0.1) is 0 Å². The number of likely N-dealkylation sites (N-methyl/N-ethyl adjacent to an activating group) is 1. The number of carbonyl (C=O) groups excluding carboxylic acids is 1. The zero-order chi connectivity index (χ0) is 16.8. The number of piperazine rings is 1. The minimum Gasteiger partial charge on any atom is -0.370 e. The number of amides is 1. The molecule has 1 fully saturated rings. The van der Waals surface area contributed by atoms with Gasteiger partial charge in [0.25, 0.3) is 5.91 Å². The van der Waals surface area contributed by atoms with E-state index in [0.717, 1.165) is 45.0 Å². The van der Waals surface area contributed by atoms with Crippen molar-refractivity contribution in [2.45, 2.75) is 32.1 Å². The molecule has 3 rings (SSSR count). The molecule has 130 valence electrons. The van der Waals surface area contributed by atoms with E-state index in [4.69, 9.17) is 0 Å². The van der Waals surface area contributed by atoms with Gasteiger partial charge in [-0.3, -0.25) is 4.79 Å². The van der Waals surface area contributed by atoms with Crippen LogP contribution in [0.4, 0.5) is 5.82 Å². The van der Waals surface area contributed by atoms with Crippen LogP contribution in [-0.2, 0) is 0 Å². The summed E-state index contributed by atoms with van der Waals surface area (Å²) in [5, 5.41) is 3.33. The molecule has 0 atom stereocenters. The van der Waals surface area contributed by atoms with Crippen LogP contribution in [0.3, 0.4) is 0 Å². The zero-order valence-electron chi connectivity index (χ0n) is 14.5. The molecule has 6 heteroatoms. The number of hydrogen-bond donors (Lipinski definition) is 1. The Morgan fingerprint density at radius 3 is 2.79 bits per heavy atom. The maximum Gasteiger partial charge on any atom is 0.272 e. The lowest BCUT2D eigenvalue weighted by atomic mass is 9.97. The number of allylic oxidation sites excluding steroid dienone is 1. The first-order valence-electron chi connectivity index (χ1n) is 8.94. The highest BCUT2D eigenvalue weighted by Crippen LogP contribution is 2.20. The molecule has 0 radical (unpaired) electrons. The van der Waals surface area contributed by atoms with E-state index in [9.17, 15) is 4.79 Å². The molecule has 0 aromatic carbocycles. The van der Waals surface area contributed by atoms with Gasteiger partial charge in [0.2, 0.25) is 0 Å². The maximum absolute atomic E-state index is 12.6. The van der Waals surface area contributed by atoms with Crippen molar-refractivity contribution in [2.75, 3.05) is 45.1 Å². The second kappa shape index (κ2) is 8.24. The van der Waals surface area contributed by atoms with Crippen LogP contribution >= 0.6 is 0 Å². The largest absolute Gasteiger partial charge is 0.370 e. The number of hydrogen-bond acceptors (Lipinski definition) is 5. The number of carbonyl (C=O) groups is 1. The van der Waals surface area contributed by atoms with Crippen LogP contribution in [-0.4, -0.2) is 65.4 Å². The fraction of sp³-hybridized carbons (Fsp3) is 0.611. The third-order valence-corrected chi connectivity index (χ3v) is 4.81. The van der Waals surface area contributed by atoms with Crippen molar-refractivity contribution in [3.63, 3.8) is 0 Å². The van der Waals surface area contributed by atoms with Crippen molar-refractivity contribution in [2.24, 2.45) is 0 Å². The molecule has 6 nitrogen and oxygen atoms in total. The Balaban J connectivity index is 1.53. The fourth-order valence-electron chi connectivity index (χ4n) is 3.23. The molecule has 2 heterocycles. The first-order valence-corrected chi connectivity index (χ1v) is 8.94. The SMILES string of the molecule is CN1CCN(C(=O)c2cc(NCCC3=CCCCC3)ncn2)CC1. The molecule has 1 N–H and O–H groups in total. The summed E-state index contributed by atoms with van der Waals surface area (Å²) in [6.45, 7) is 4.20. The predicted octanol–water partition coefficient (Wildman–Crippen LogP) is 2.17. The zero-order valence-corrected chi connectivity index (χ0v) is 14.5. The Morgan fingerprint density at radius 2 is 2.04 bits per heavy atom. The average Bonchev–Trinajstić information content (AvgIpc) is 2.63. The molecule has 1 saturated heterocycles. The lowest BCUT2D eigenvalue weighted by Crippen LogP contribution is -2.47. The number of nitrogens with zero attached hydrogens (tertiary/aromatic N) is 4. The van der Waals surface area contributed by atoms with E-state index in [1.54, 1.807) is 6.07 Å². The molecule has 0 unspecified atom stereocenters. The van der Waals surface area contributed by atoms with Crippen LogP contribution in [0.15, 0.2) is 24.0 Å². The van der Waals surface area contributed by atoms with Crippen LogP contribution < -0.4 is 5.32 Å². The highest BCUT2D eigenvalue weighted by atomic mass is 16.2. The van der Waals surface area contributed by atoms with Crippen molar-refractivity contribution < 1.29 is 4.79 Å². The first kappa shape index (κ1) is 16.9. The Hall–Kier alpha value is -1.95. The Labute approximate surface area is 144 Å². The van der Waals surface area contributed by atoms with Gasteiger partial charge in [-0.2, -0.15) is 0 Å². The summed E-state index contributed by atoms with van der Waals surface area (Å²) in [7, 11) is 2.08. The highest BCUT2D eigenvalue weighted by molar-refractivity contribution is 5.93. The van der Waals surface area contributed by atoms with E-state index in [0.29, 0.717) is 5.69 Å². The van der Waals surface area contributed by atoms with Crippen molar-refractivity contribution in [3.05, 3.63) is 29.7 Å². The summed E-state index contributed by atoms with van der Waals surface area (Å²) in [5.41, 5.74) is 2.02. The molecule has 0 spiro atoms. The van der Waals surface area contributed by atoms with E-state index in [1.807, 2.05) is 4.90 Å². The molecule has 1 aromatic heterocycles. The molecule has 1 aromatic rings. The number of rotatable bonds is 5. The lowest BCUT2D eigenvalue weighted by Gasteiger charge is -2.32. The van der Waals surface area contributed by atoms with E-state index in [-0.39, 0.29) is 5.91 Å². The van der Waals surface area contributed by atoms with Gasteiger partial charge in [-0.1, -0.05) is 11.6 Å². The van der Waals surface area contributed by atoms with E-state index >= 15 is 0 Å². The lowest BCUT2D eigenvalue weighted by molar-refractivity contribution is 0.0658. The minimum atomic E-state index is 0.00328. The van der Waals surface area contributed by atoms with Gasteiger partial charge in [-0.15, -0.1) is 0 Å². The van der Waals surface area contributed by atoms with E-state index < -0.39 is 0 Å². The molecule has 2 aliphatic rings. The number of anilines is 1. The second-order valence-corrected chi connectivity index (χ2v) is 6.67. The third-order valence-electron chi connectivity index (χ3n) is 4.81. The Kier molecular flexibility index (Phi) is 5.80. The smallest absolute Gasteiger partial charge is 0.272 e. The molecule has 1 aliphatic carbocycles. The van der Waals surface area contributed by atoms with Crippen molar-refractivity contribution >= 4 is 11.7 Å². The number of nitrogens with one attached hydrogen (secondary N) is 1. The van der Waals surface area contributed by atoms with Crippen LogP contribution in [0.1, 0.15) is 42.6 Å². The molecule has 24 heavy (non-hydrogen) atoms. The second-order valence-electron chi connectivity index (χ2n) is 6.67. The van der Waals surface area contributed by atoms with E-state index in [2.05, 4.69) is 33.3 Å². The van der Waals surface area contributed by atoms with Gasteiger partial charge in [-0.25, -0.2) is 9.97 Å². The molecule has 1 aliphatic heterocycles. The topological polar surface area (TPSA) is 61.4 Å². The molecule has 0 saturated carbocycles. The van der Waals surface area contributed by atoms with Gasteiger partial charge in [0, 0.05) is 38.8 Å². The predicted molar refractivity (Wildman–Crippen MR) is 95.1 cm³/mol. The van der Waals surface area contributed by atoms with Gasteiger partial charge < -0.3 is 15.1 Å². The summed E-state index contributed by atoms with van der Waals surface area (Å²) >= 11 is 0. The maximum atomic E-state index is 12.6. The van der Waals surface area contributed by atoms with Gasteiger partial charge in [-0.05, 0) is 39.2 Å². The molecular formula is C18H27N5O. The van der Waals surface area contributed by atoms with Crippen LogP contribution in [0.5, 0.6) is 0 Å². The van der Waals surface area contributed by atoms with Crippen LogP contribution in [0, 0.1) is 0 Å². The normalized spacial score (nSPS) is 19.0. The summed E-state index contributed by atoms with van der Waals surface area (Å²) in [6.07, 6.45) is 9.96. The van der Waals surface area contributed by atoms with Gasteiger partial charge in [0.15, 0.2) is 0 Å². The van der Waals surface area contributed by atoms with Crippen molar-refractivity contribution in [3.8, 4) is 0 Å². The standard InChI is InChI=1S/C18H27N5O/c1-22-9-11-23(12-10-22)18(24)16-13-17(21-14-20-16)19-8-7-15-5-3-2-4-6-15/h5,13-14H,2-4,6-12H2,1H3,(H,19,20,21). The highest BCUT2D eigenvalue weighted by Gasteiger charge is 2.21. The summed E-state index contributed by atoms with van der Waals surface area (Å²) in [5.74, 6) is 0.738. The van der Waals surface area contributed by atoms with Crippen LogP contribution in [0.25, 0.3) is 0 Å². The molecule has 0 bridgehead atoms. The minimum absolute atomic E-state index is 0.00328. The van der Waals surface area contributed by atoms with Crippen molar-refractivity contribution in [1.82, 2.24) is 19.8 Å². The van der Waals surface area contributed by atoms with Gasteiger partial charge in [0.1, 0.15) is 17.8 Å². The molecular weight excluding hydrogens is 302 g/mol. The van der Waals surface area contributed by atoms with Gasteiger partial charge >= 0.3 is 0 Å². The Morgan fingerprint density at radius 1 is 1.21 bits per heavy atom. The Bertz CT molecular complexity index is 593. The summed E-state index contributed by atoms with van der Waals surface area (Å²) in [4.78, 5) is 25.1. The summed E-state index contributed by atoms with van der Waals surface area (Å²) < 4.78 is 0. The first-order chi connectivity index (χ1) is 11.7. The molecule has 1 amide bonds. The quantitative estimate of drug-likeness (QED) is 0.839. The van der Waals surface area contributed by atoms with E-state index in [1.165, 1.54) is 37.6 Å². The average molecular weight is 329 g/mol.